The van der Waals surface area contributed by atoms with Crippen LogP contribution in [0.25, 0.3) is 0 Å². The Kier molecular flexibility index (Phi) is 4.11. The molecule has 0 aromatic heterocycles. The molecule has 1 saturated carbocycles. The van der Waals surface area contributed by atoms with Gasteiger partial charge in [0.05, 0.1) is 0 Å². The first-order chi connectivity index (χ1) is 5.70. The molecule has 0 nitrogen and oxygen atoms in total. The molecular weight excluding hydrogens is 144 g/mol. The summed E-state index contributed by atoms with van der Waals surface area (Å²) in [7, 11) is 0. The molecule has 0 aromatic carbocycles. The molecule has 2 unspecified atom stereocenters. The van der Waals surface area contributed by atoms with E-state index in [9.17, 15) is 0 Å². The predicted octanol–water partition coefficient (Wildman–Crippen LogP) is 4.25. The average molecular weight is 168 g/mol. The minimum atomic E-state index is 0.906. The van der Waals surface area contributed by atoms with Crippen LogP contribution in [-0.2, 0) is 0 Å². The summed E-state index contributed by atoms with van der Waals surface area (Å²) in [5.74, 6) is 3.05. The second-order valence-corrected chi connectivity index (χ2v) is 4.99. The molecule has 0 amide bonds. The lowest BCUT2D eigenvalue weighted by Crippen LogP contribution is -2.22. The van der Waals surface area contributed by atoms with E-state index in [0.29, 0.717) is 0 Å². The van der Waals surface area contributed by atoms with Gasteiger partial charge in [-0.25, -0.2) is 0 Å². The van der Waals surface area contributed by atoms with Crippen molar-refractivity contribution in [1.82, 2.24) is 0 Å². The number of rotatable bonds is 5. The molecule has 0 N–H and O–H groups in total. The summed E-state index contributed by atoms with van der Waals surface area (Å²) >= 11 is 0. The Hall–Kier alpha value is 0. The Labute approximate surface area is 77.7 Å². The third-order valence-corrected chi connectivity index (χ3v) is 3.40. The van der Waals surface area contributed by atoms with Gasteiger partial charge in [-0.2, -0.15) is 0 Å². The maximum Gasteiger partial charge on any atom is -0.0388 e. The van der Waals surface area contributed by atoms with Crippen LogP contribution in [0.4, 0.5) is 0 Å². The van der Waals surface area contributed by atoms with Crippen LogP contribution in [0, 0.1) is 17.8 Å². The van der Waals surface area contributed by atoms with E-state index in [2.05, 4.69) is 20.8 Å². The highest BCUT2D eigenvalue weighted by Gasteiger charge is 2.25. The zero-order chi connectivity index (χ0) is 8.97. The molecule has 1 fully saturated rings. The molecular formula is C12H24. The Bertz CT molecular complexity index is 115. The molecule has 0 spiro atoms. The topological polar surface area (TPSA) is 0 Å². The second-order valence-electron chi connectivity index (χ2n) is 4.99. The molecule has 2 atom stereocenters. The average Bonchev–Trinajstić information content (AvgIpc) is 2.01. The molecule has 0 aromatic rings. The minimum absolute atomic E-state index is 0.906. The van der Waals surface area contributed by atoms with E-state index >= 15 is 0 Å². The van der Waals surface area contributed by atoms with Gasteiger partial charge in [0.25, 0.3) is 0 Å². The highest BCUT2D eigenvalue weighted by molar-refractivity contribution is 4.76. The van der Waals surface area contributed by atoms with Crippen molar-refractivity contribution < 1.29 is 0 Å². The zero-order valence-corrected chi connectivity index (χ0v) is 8.97. The van der Waals surface area contributed by atoms with Gasteiger partial charge in [0, 0.05) is 0 Å². The van der Waals surface area contributed by atoms with E-state index in [-0.39, 0.29) is 0 Å². The monoisotopic (exact) mass is 168 g/mol. The van der Waals surface area contributed by atoms with Gasteiger partial charge in [0.15, 0.2) is 0 Å². The van der Waals surface area contributed by atoms with Crippen molar-refractivity contribution in [2.45, 2.75) is 59.3 Å². The first-order valence-corrected chi connectivity index (χ1v) is 5.70. The van der Waals surface area contributed by atoms with Crippen LogP contribution in [0.2, 0.25) is 0 Å². The lowest BCUT2D eigenvalue weighted by atomic mass is 9.72. The maximum absolute atomic E-state index is 2.41. The van der Waals surface area contributed by atoms with Crippen LogP contribution in [0.3, 0.4) is 0 Å². The van der Waals surface area contributed by atoms with Crippen molar-refractivity contribution in [3.8, 4) is 0 Å². The van der Waals surface area contributed by atoms with Crippen LogP contribution in [0.5, 0.6) is 0 Å². The van der Waals surface area contributed by atoms with Crippen LogP contribution in [0.1, 0.15) is 59.3 Å². The van der Waals surface area contributed by atoms with Crippen molar-refractivity contribution in [3.05, 3.63) is 0 Å². The fourth-order valence-corrected chi connectivity index (χ4v) is 2.12. The normalized spacial score (nSPS) is 29.0. The fourth-order valence-electron chi connectivity index (χ4n) is 2.12. The highest BCUT2D eigenvalue weighted by atomic mass is 14.3. The predicted molar refractivity (Wildman–Crippen MR) is 55.2 cm³/mol. The second kappa shape index (κ2) is 4.89. The van der Waals surface area contributed by atoms with E-state index in [4.69, 9.17) is 0 Å². The van der Waals surface area contributed by atoms with Crippen LogP contribution in [-0.4, -0.2) is 0 Å². The van der Waals surface area contributed by atoms with Gasteiger partial charge in [-0.3, -0.25) is 0 Å². The summed E-state index contributed by atoms with van der Waals surface area (Å²) in [6.45, 7) is 7.06. The Balaban J connectivity index is 1.89. The van der Waals surface area contributed by atoms with Gasteiger partial charge < -0.3 is 0 Å². The van der Waals surface area contributed by atoms with E-state index in [1.54, 1.807) is 0 Å². The van der Waals surface area contributed by atoms with Crippen molar-refractivity contribution in [3.63, 3.8) is 0 Å². The van der Waals surface area contributed by atoms with Crippen molar-refractivity contribution in [2.24, 2.45) is 17.8 Å². The Morgan fingerprint density at radius 1 is 1.17 bits per heavy atom. The number of hydrogen-bond acceptors (Lipinski definition) is 0. The van der Waals surface area contributed by atoms with Crippen molar-refractivity contribution >= 4 is 0 Å². The SMILES string of the molecule is CC(C)CCCCC1CCC1C. The van der Waals surface area contributed by atoms with Gasteiger partial charge >= 0.3 is 0 Å². The van der Waals surface area contributed by atoms with Crippen LogP contribution >= 0.6 is 0 Å². The quantitative estimate of drug-likeness (QED) is 0.538. The van der Waals surface area contributed by atoms with Crippen LogP contribution < -0.4 is 0 Å². The number of unbranched alkanes of at least 4 members (excludes halogenated alkanes) is 1. The van der Waals surface area contributed by atoms with Gasteiger partial charge in [0.1, 0.15) is 0 Å². The molecule has 1 aliphatic rings. The number of hydrogen-bond donors (Lipinski definition) is 0. The molecule has 0 bridgehead atoms. The van der Waals surface area contributed by atoms with E-state index in [0.717, 1.165) is 17.8 Å². The third-order valence-electron chi connectivity index (χ3n) is 3.40. The summed E-state index contributed by atoms with van der Waals surface area (Å²) < 4.78 is 0. The summed E-state index contributed by atoms with van der Waals surface area (Å²) in [6, 6.07) is 0. The molecule has 72 valence electrons. The Morgan fingerprint density at radius 2 is 1.92 bits per heavy atom. The maximum atomic E-state index is 2.41. The molecule has 12 heavy (non-hydrogen) atoms. The highest BCUT2D eigenvalue weighted by Crippen LogP contribution is 2.37. The first-order valence-electron chi connectivity index (χ1n) is 5.70. The van der Waals surface area contributed by atoms with Crippen LogP contribution in [0.15, 0.2) is 0 Å². The van der Waals surface area contributed by atoms with E-state index in [1.165, 1.54) is 38.5 Å². The summed E-state index contributed by atoms with van der Waals surface area (Å²) in [6.07, 6.45) is 8.89. The zero-order valence-electron chi connectivity index (χ0n) is 8.97. The minimum Gasteiger partial charge on any atom is -0.0628 e. The molecule has 1 aliphatic carbocycles. The van der Waals surface area contributed by atoms with E-state index < -0.39 is 0 Å². The lowest BCUT2D eigenvalue weighted by Gasteiger charge is -2.33. The molecule has 0 radical (unpaired) electrons. The van der Waals surface area contributed by atoms with Gasteiger partial charge in [-0.15, -0.1) is 0 Å². The molecule has 0 heterocycles. The van der Waals surface area contributed by atoms with E-state index in [1.807, 2.05) is 0 Å². The largest absolute Gasteiger partial charge is 0.0628 e. The molecule has 0 saturated heterocycles. The van der Waals surface area contributed by atoms with Gasteiger partial charge in [0.2, 0.25) is 0 Å². The molecule has 0 aliphatic heterocycles. The fraction of sp³-hybridized carbons (Fsp3) is 1.00. The molecule has 0 heteroatoms. The van der Waals surface area contributed by atoms with Crippen molar-refractivity contribution in [2.75, 3.05) is 0 Å². The smallest absolute Gasteiger partial charge is 0.0388 e. The summed E-state index contributed by atoms with van der Waals surface area (Å²) in [5, 5.41) is 0. The summed E-state index contributed by atoms with van der Waals surface area (Å²) in [5.41, 5.74) is 0. The first kappa shape index (κ1) is 10.1. The van der Waals surface area contributed by atoms with Gasteiger partial charge in [-0.1, -0.05) is 52.9 Å². The lowest BCUT2D eigenvalue weighted by molar-refractivity contribution is 0.178. The standard InChI is InChI=1S/C12H24/c1-10(2)6-4-5-7-12-9-8-11(12)3/h10-12H,4-9H2,1-3H3. The van der Waals surface area contributed by atoms with Crippen molar-refractivity contribution in [1.29, 1.82) is 0 Å². The summed E-state index contributed by atoms with van der Waals surface area (Å²) in [4.78, 5) is 0. The van der Waals surface area contributed by atoms with Gasteiger partial charge in [-0.05, 0) is 24.2 Å². The third kappa shape index (κ3) is 3.16. The Morgan fingerprint density at radius 3 is 2.33 bits per heavy atom. The molecule has 1 rings (SSSR count).